The quantitative estimate of drug-likeness (QED) is 0.794. The Morgan fingerprint density at radius 2 is 1.94 bits per heavy atom. The second kappa shape index (κ2) is 5.20. The molecule has 18 heavy (non-hydrogen) atoms. The summed E-state index contributed by atoms with van der Waals surface area (Å²) < 4.78 is 5.86. The summed E-state index contributed by atoms with van der Waals surface area (Å²) in [4.78, 5) is 0. The molecule has 0 atom stereocenters. The van der Waals surface area contributed by atoms with Crippen molar-refractivity contribution in [3.05, 3.63) is 65.7 Å². The lowest BCUT2D eigenvalue weighted by Crippen LogP contribution is -1.93. The monoisotopic (exact) mass is 235 g/mol. The van der Waals surface area contributed by atoms with Crippen LogP contribution < -0.4 is 4.74 Å². The summed E-state index contributed by atoms with van der Waals surface area (Å²) in [7, 11) is 0. The van der Waals surface area contributed by atoms with Crippen LogP contribution in [0, 0.1) is 18.3 Å². The van der Waals surface area contributed by atoms with E-state index >= 15 is 0 Å². The highest BCUT2D eigenvalue weighted by atomic mass is 16.5. The summed E-state index contributed by atoms with van der Waals surface area (Å²) in [5, 5.41) is 9.12. The number of ether oxygens (including phenoxy) is 1. The lowest BCUT2D eigenvalue weighted by atomic mass is 10.1. The molecule has 0 saturated carbocycles. The predicted molar refractivity (Wildman–Crippen MR) is 72.5 cm³/mol. The van der Waals surface area contributed by atoms with E-state index < -0.39 is 0 Å². The molecule has 0 radical (unpaired) electrons. The van der Waals surface area contributed by atoms with E-state index in [0.29, 0.717) is 11.3 Å². The molecule has 0 aromatic heterocycles. The molecule has 0 heterocycles. The van der Waals surface area contributed by atoms with E-state index in [4.69, 9.17) is 10.00 Å². The highest BCUT2D eigenvalue weighted by Gasteiger charge is 2.09. The van der Waals surface area contributed by atoms with Gasteiger partial charge < -0.3 is 4.74 Å². The highest BCUT2D eigenvalue weighted by molar-refractivity contribution is 5.62. The van der Waals surface area contributed by atoms with Crippen molar-refractivity contribution in [2.75, 3.05) is 0 Å². The van der Waals surface area contributed by atoms with Gasteiger partial charge in [-0.25, -0.2) is 0 Å². The minimum absolute atomic E-state index is 0.510. The molecule has 0 spiro atoms. The summed E-state index contributed by atoms with van der Waals surface area (Å²) >= 11 is 0. The Labute approximate surface area is 107 Å². The van der Waals surface area contributed by atoms with Crippen molar-refractivity contribution in [2.24, 2.45) is 0 Å². The smallest absolute Gasteiger partial charge is 0.152 e. The Balaban J connectivity index is 2.49. The number of nitrogens with zero attached hydrogens (tertiary/aromatic N) is 1. The van der Waals surface area contributed by atoms with Crippen LogP contribution in [0.5, 0.6) is 11.5 Å². The lowest BCUT2D eigenvalue weighted by molar-refractivity contribution is 0.476. The van der Waals surface area contributed by atoms with Gasteiger partial charge in [-0.3, -0.25) is 0 Å². The first-order valence-electron chi connectivity index (χ1n) is 5.65. The van der Waals surface area contributed by atoms with Gasteiger partial charge in [0.05, 0.1) is 5.56 Å². The van der Waals surface area contributed by atoms with E-state index in [1.165, 1.54) is 0 Å². The van der Waals surface area contributed by atoms with Crippen LogP contribution >= 0.6 is 0 Å². The fraction of sp³-hybridized carbons (Fsp3) is 0.0625. The summed E-state index contributed by atoms with van der Waals surface area (Å²) in [5.41, 5.74) is 2.35. The molecule has 0 bridgehead atoms. The summed E-state index contributed by atoms with van der Waals surface area (Å²) in [5.74, 6) is 1.31. The van der Waals surface area contributed by atoms with E-state index in [2.05, 4.69) is 12.6 Å². The minimum Gasteiger partial charge on any atom is -0.455 e. The van der Waals surface area contributed by atoms with Crippen molar-refractivity contribution in [2.45, 2.75) is 6.92 Å². The molecule has 0 aliphatic heterocycles. The molecule has 0 unspecified atom stereocenters. The van der Waals surface area contributed by atoms with E-state index in [9.17, 15) is 0 Å². The van der Waals surface area contributed by atoms with Crippen molar-refractivity contribution in [1.29, 1.82) is 5.26 Å². The maximum atomic E-state index is 9.12. The van der Waals surface area contributed by atoms with Crippen molar-refractivity contribution in [3.63, 3.8) is 0 Å². The minimum atomic E-state index is 0.510. The number of para-hydroxylation sites is 2. The van der Waals surface area contributed by atoms with Crippen LogP contribution in [-0.4, -0.2) is 0 Å². The van der Waals surface area contributed by atoms with E-state index in [1.807, 2.05) is 43.3 Å². The second-order valence-corrected chi connectivity index (χ2v) is 3.91. The molecule has 88 valence electrons. The first-order chi connectivity index (χ1) is 8.76. The Morgan fingerprint density at radius 3 is 2.61 bits per heavy atom. The van der Waals surface area contributed by atoms with E-state index in [-0.39, 0.29) is 0 Å². The van der Waals surface area contributed by atoms with Crippen LogP contribution in [0.1, 0.15) is 16.7 Å². The largest absolute Gasteiger partial charge is 0.455 e. The Bertz CT molecular complexity index is 623. The fourth-order valence-corrected chi connectivity index (χ4v) is 1.70. The number of benzene rings is 2. The number of aryl methyl sites for hydroxylation is 1. The van der Waals surface area contributed by atoms with Gasteiger partial charge in [-0.05, 0) is 24.6 Å². The van der Waals surface area contributed by atoms with Crippen LogP contribution in [0.25, 0.3) is 6.08 Å². The van der Waals surface area contributed by atoms with Crippen LogP contribution in [0.3, 0.4) is 0 Å². The zero-order chi connectivity index (χ0) is 13.0. The van der Waals surface area contributed by atoms with Gasteiger partial charge in [0.1, 0.15) is 11.8 Å². The molecule has 2 aromatic rings. The van der Waals surface area contributed by atoms with Gasteiger partial charge in [0.25, 0.3) is 0 Å². The fourth-order valence-electron chi connectivity index (χ4n) is 1.70. The third-order valence-electron chi connectivity index (χ3n) is 2.69. The molecule has 0 aliphatic rings. The van der Waals surface area contributed by atoms with Crippen molar-refractivity contribution in [1.82, 2.24) is 0 Å². The molecule has 0 saturated heterocycles. The Hall–Kier alpha value is -2.53. The Kier molecular flexibility index (Phi) is 3.45. The molecule has 0 aliphatic carbocycles. The van der Waals surface area contributed by atoms with Gasteiger partial charge in [0.15, 0.2) is 5.75 Å². The average molecular weight is 235 g/mol. The van der Waals surface area contributed by atoms with Gasteiger partial charge >= 0.3 is 0 Å². The van der Waals surface area contributed by atoms with Crippen LogP contribution in [0.2, 0.25) is 0 Å². The standard InChI is InChI=1S/C16H13NO/c1-3-13-8-6-9-14(11-17)16(13)18-15-10-5-4-7-12(15)2/h3-10H,1H2,2H3. The van der Waals surface area contributed by atoms with Crippen molar-refractivity contribution < 1.29 is 4.74 Å². The molecule has 0 fully saturated rings. The normalized spacial score (nSPS) is 9.56. The lowest BCUT2D eigenvalue weighted by Gasteiger charge is -2.12. The molecular formula is C16H13NO. The maximum absolute atomic E-state index is 9.12. The second-order valence-electron chi connectivity index (χ2n) is 3.91. The molecule has 2 aromatic carbocycles. The number of hydrogen-bond acceptors (Lipinski definition) is 2. The van der Waals surface area contributed by atoms with E-state index in [0.717, 1.165) is 16.9 Å². The van der Waals surface area contributed by atoms with Gasteiger partial charge in [0, 0.05) is 5.56 Å². The van der Waals surface area contributed by atoms with Crippen molar-refractivity contribution >= 4 is 6.08 Å². The van der Waals surface area contributed by atoms with Gasteiger partial charge in [-0.2, -0.15) is 5.26 Å². The van der Waals surface area contributed by atoms with E-state index in [1.54, 1.807) is 12.1 Å². The number of hydrogen-bond donors (Lipinski definition) is 0. The third kappa shape index (κ3) is 2.26. The highest BCUT2D eigenvalue weighted by Crippen LogP contribution is 2.31. The number of rotatable bonds is 3. The first-order valence-corrected chi connectivity index (χ1v) is 5.65. The van der Waals surface area contributed by atoms with Crippen molar-refractivity contribution in [3.8, 4) is 17.6 Å². The summed E-state index contributed by atoms with van der Waals surface area (Å²) in [6, 6.07) is 15.3. The van der Waals surface area contributed by atoms with Gasteiger partial charge in [0.2, 0.25) is 0 Å². The van der Waals surface area contributed by atoms with Crippen LogP contribution in [0.4, 0.5) is 0 Å². The van der Waals surface area contributed by atoms with Crippen LogP contribution in [0.15, 0.2) is 49.0 Å². The zero-order valence-electron chi connectivity index (χ0n) is 10.2. The first kappa shape index (κ1) is 11.9. The zero-order valence-corrected chi connectivity index (χ0v) is 10.2. The van der Waals surface area contributed by atoms with Gasteiger partial charge in [-0.15, -0.1) is 0 Å². The SMILES string of the molecule is C=Cc1cccc(C#N)c1Oc1ccccc1C. The summed E-state index contributed by atoms with van der Waals surface area (Å²) in [6.07, 6.45) is 1.69. The Morgan fingerprint density at radius 1 is 1.17 bits per heavy atom. The third-order valence-corrected chi connectivity index (χ3v) is 2.69. The predicted octanol–water partition coefficient (Wildman–Crippen LogP) is 4.30. The summed E-state index contributed by atoms with van der Waals surface area (Å²) in [6.45, 7) is 5.71. The maximum Gasteiger partial charge on any atom is 0.152 e. The molecule has 2 rings (SSSR count). The molecular weight excluding hydrogens is 222 g/mol. The van der Waals surface area contributed by atoms with Crippen LogP contribution in [-0.2, 0) is 0 Å². The molecule has 2 nitrogen and oxygen atoms in total. The topological polar surface area (TPSA) is 33.0 Å². The molecule has 2 heteroatoms. The average Bonchev–Trinajstić information content (AvgIpc) is 2.41. The van der Waals surface area contributed by atoms with Gasteiger partial charge in [-0.1, -0.05) is 43.0 Å². The number of nitriles is 1. The molecule has 0 amide bonds. The molecule has 0 N–H and O–H groups in total.